The van der Waals surface area contributed by atoms with Crippen LogP contribution in [0.25, 0.3) is 0 Å². The van der Waals surface area contributed by atoms with Gasteiger partial charge in [-0.15, -0.1) is 0 Å². The molecule has 0 aromatic heterocycles. The number of rotatable bonds is 6. The van der Waals surface area contributed by atoms with Crippen molar-refractivity contribution in [2.45, 2.75) is 59.0 Å². The Hall–Kier alpha value is -1.02. The molecular formula is C18H29NO. The molecule has 2 nitrogen and oxygen atoms in total. The minimum atomic E-state index is 0.665. The van der Waals surface area contributed by atoms with E-state index in [4.69, 9.17) is 4.74 Å². The molecule has 1 aliphatic rings. The highest BCUT2D eigenvalue weighted by Gasteiger charge is 2.27. The first kappa shape index (κ1) is 15.4. The minimum Gasteiger partial charge on any atom is -0.494 e. The Bertz CT molecular complexity index is 402. The highest BCUT2D eigenvalue weighted by molar-refractivity contribution is 5.33. The molecule has 20 heavy (non-hydrogen) atoms. The highest BCUT2D eigenvalue weighted by atomic mass is 16.5. The Balaban J connectivity index is 1.96. The van der Waals surface area contributed by atoms with E-state index >= 15 is 0 Å². The number of ether oxygens (including phenoxy) is 1. The Kier molecular flexibility index (Phi) is 5.90. The van der Waals surface area contributed by atoms with E-state index < -0.39 is 0 Å². The maximum atomic E-state index is 5.71. The van der Waals surface area contributed by atoms with E-state index in [1.54, 1.807) is 0 Å². The summed E-state index contributed by atoms with van der Waals surface area (Å²) in [5.41, 5.74) is 1.28. The first-order valence-corrected chi connectivity index (χ1v) is 8.16. The van der Waals surface area contributed by atoms with Crippen LogP contribution in [0.15, 0.2) is 24.3 Å². The zero-order valence-electron chi connectivity index (χ0n) is 13.2. The predicted octanol–water partition coefficient (Wildman–Crippen LogP) is 4.39. The summed E-state index contributed by atoms with van der Waals surface area (Å²) in [7, 11) is 0. The summed E-state index contributed by atoms with van der Waals surface area (Å²) >= 11 is 0. The van der Waals surface area contributed by atoms with Crippen LogP contribution in [0.3, 0.4) is 0 Å². The summed E-state index contributed by atoms with van der Waals surface area (Å²) in [5, 5.41) is 3.79. The van der Waals surface area contributed by atoms with Crippen molar-refractivity contribution in [2.75, 3.05) is 6.61 Å². The third kappa shape index (κ3) is 3.99. The fourth-order valence-electron chi connectivity index (χ4n) is 3.40. The predicted molar refractivity (Wildman–Crippen MR) is 85.0 cm³/mol. The van der Waals surface area contributed by atoms with Crippen LogP contribution in [0.2, 0.25) is 0 Å². The van der Waals surface area contributed by atoms with Gasteiger partial charge in [0.05, 0.1) is 6.61 Å². The molecule has 0 radical (unpaired) electrons. The second kappa shape index (κ2) is 7.68. The Morgan fingerprint density at radius 2 is 1.95 bits per heavy atom. The standard InChI is InChI=1S/C18H29NO/c1-4-20-18-12-8-5-9-15(18)13-19-17-11-7-6-10-16(17)14(2)3/h5,8-9,12,14,16-17,19H,4,6-7,10-11,13H2,1-3H3. The quantitative estimate of drug-likeness (QED) is 0.831. The molecule has 112 valence electrons. The second-order valence-electron chi connectivity index (χ2n) is 6.22. The molecule has 2 heteroatoms. The van der Waals surface area contributed by atoms with E-state index in [1.807, 2.05) is 13.0 Å². The van der Waals surface area contributed by atoms with Gasteiger partial charge in [-0.2, -0.15) is 0 Å². The number of nitrogens with one attached hydrogen (secondary N) is 1. The van der Waals surface area contributed by atoms with Gasteiger partial charge in [0.25, 0.3) is 0 Å². The van der Waals surface area contributed by atoms with Gasteiger partial charge in [-0.3, -0.25) is 0 Å². The molecule has 2 unspecified atom stereocenters. The van der Waals surface area contributed by atoms with Crippen LogP contribution in [0.1, 0.15) is 52.0 Å². The Morgan fingerprint density at radius 3 is 2.70 bits per heavy atom. The fourth-order valence-corrected chi connectivity index (χ4v) is 3.40. The number of hydrogen-bond donors (Lipinski definition) is 1. The fraction of sp³-hybridized carbons (Fsp3) is 0.667. The van der Waals surface area contributed by atoms with Crippen molar-refractivity contribution in [3.8, 4) is 5.75 Å². The third-order valence-corrected chi connectivity index (χ3v) is 4.50. The monoisotopic (exact) mass is 275 g/mol. The van der Waals surface area contributed by atoms with Crippen molar-refractivity contribution >= 4 is 0 Å². The topological polar surface area (TPSA) is 21.3 Å². The average Bonchev–Trinajstić information content (AvgIpc) is 2.47. The van der Waals surface area contributed by atoms with Gasteiger partial charge < -0.3 is 10.1 Å². The summed E-state index contributed by atoms with van der Waals surface area (Å²) in [5.74, 6) is 2.62. The average molecular weight is 275 g/mol. The zero-order valence-corrected chi connectivity index (χ0v) is 13.2. The first-order chi connectivity index (χ1) is 9.72. The molecule has 0 bridgehead atoms. The van der Waals surface area contributed by atoms with Gasteiger partial charge in [-0.25, -0.2) is 0 Å². The minimum absolute atomic E-state index is 0.665. The van der Waals surface area contributed by atoms with E-state index in [1.165, 1.54) is 31.2 Å². The van der Waals surface area contributed by atoms with Crippen molar-refractivity contribution in [2.24, 2.45) is 11.8 Å². The summed E-state index contributed by atoms with van der Waals surface area (Å²) in [6.45, 7) is 8.41. The van der Waals surface area contributed by atoms with Gasteiger partial charge in [0.1, 0.15) is 5.75 Å². The zero-order chi connectivity index (χ0) is 14.4. The van der Waals surface area contributed by atoms with Crippen molar-refractivity contribution in [1.29, 1.82) is 0 Å². The van der Waals surface area contributed by atoms with E-state index in [0.717, 1.165) is 30.7 Å². The number of hydrogen-bond acceptors (Lipinski definition) is 2. The summed E-state index contributed by atoms with van der Waals surface area (Å²) in [6, 6.07) is 9.05. The lowest BCUT2D eigenvalue weighted by Gasteiger charge is -2.35. The molecule has 2 atom stereocenters. The molecule has 1 fully saturated rings. The van der Waals surface area contributed by atoms with Crippen LogP contribution >= 0.6 is 0 Å². The lowest BCUT2D eigenvalue weighted by molar-refractivity contribution is 0.204. The van der Waals surface area contributed by atoms with Crippen molar-refractivity contribution in [1.82, 2.24) is 5.32 Å². The lowest BCUT2D eigenvalue weighted by Crippen LogP contribution is -2.40. The van der Waals surface area contributed by atoms with Gasteiger partial charge in [0.15, 0.2) is 0 Å². The van der Waals surface area contributed by atoms with Crippen LogP contribution in [0, 0.1) is 11.8 Å². The first-order valence-electron chi connectivity index (χ1n) is 8.16. The van der Waals surface area contributed by atoms with Crippen LogP contribution in [-0.4, -0.2) is 12.6 Å². The normalized spacial score (nSPS) is 23.0. The molecule has 1 aromatic carbocycles. The molecule has 0 heterocycles. The van der Waals surface area contributed by atoms with E-state index in [9.17, 15) is 0 Å². The largest absolute Gasteiger partial charge is 0.494 e. The molecule has 0 saturated heterocycles. The lowest BCUT2D eigenvalue weighted by atomic mass is 9.78. The van der Waals surface area contributed by atoms with Gasteiger partial charge in [0, 0.05) is 18.2 Å². The Morgan fingerprint density at radius 1 is 1.20 bits per heavy atom. The molecule has 0 amide bonds. The maximum Gasteiger partial charge on any atom is 0.123 e. The second-order valence-corrected chi connectivity index (χ2v) is 6.22. The van der Waals surface area contributed by atoms with Crippen molar-refractivity contribution in [3.05, 3.63) is 29.8 Å². The Labute approximate surface area is 123 Å². The summed E-state index contributed by atoms with van der Waals surface area (Å²) in [6.07, 6.45) is 5.46. The summed E-state index contributed by atoms with van der Waals surface area (Å²) in [4.78, 5) is 0. The molecule has 0 spiro atoms. The molecule has 0 aliphatic heterocycles. The van der Waals surface area contributed by atoms with Crippen molar-refractivity contribution in [3.63, 3.8) is 0 Å². The van der Waals surface area contributed by atoms with Gasteiger partial charge in [-0.1, -0.05) is 44.9 Å². The van der Waals surface area contributed by atoms with E-state index in [2.05, 4.69) is 37.4 Å². The van der Waals surface area contributed by atoms with Crippen LogP contribution in [0.5, 0.6) is 5.75 Å². The van der Waals surface area contributed by atoms with Gasteiger partial charge in [0.2, 0.25) is 0 Å². The molecule has 1 N–H and O–H groups in total. The molecular weight excluding hydrogens is 246 g/mol. The molecule has 1 aliphatic carbocycles. The van der Waals surface area contributed by atoms with Crippen LogP contribution in [0.4, 0.5) is 0 Å². The molecule has 1 saturated carbocycles. The highest BCUT2D eigenvalue weighted by Crippen LogP contribution is 2.30. The smallest absolute Gasteiger partial charge is 0.123 e. The van der Waals surface area contributed by atoms with Crippen LogP contribution in [-0.2, 0) is 6.54 Å². The maximum absolute atomic E-state index is 5.71. The molecule has 1 aromatic rings. The van der Waals surface area contributed by atoms with Gasteiger partial charge in [-0.05, 0) is 37.7 Å². The third-order valence-electron chi connectivity index (χ3n) is 4.50. The van der Waals surface area contributed by atoms with Crippen molar-refractivity contribution < 1.29 is 4.74 Å². The summed E-state index contributed by atoms with van der Waals surface area (Å²) < 4.78 is 5.71. The SMILES string of the molecule is CCOc1ccccc1CNC1CCCCC1C(C)C. The number of para-hydroxylation sites is 1. The van der Waals surface area contributed by atoms with Crippen LogP contribution < -0.4 is 10.1 Å². The number of benzene rings is 1. The van der Waals surface area contributed by atoms with E-state index in [0.29, 0.717) is 6.04 Å². The van der Waals surface area contributed by atoms with E-state index in [-0.39, 0.29) is 0 Å². The molecule has 2 rings (SSSR count). The van der Waals surface area contributed by atoms with Gasteiger partial charge >= 0.3 is 0 Å².